The summed E-state index contributed by atoms with van der Waals surface area (Å²) >= 11 is 5.96. The highest BCUT2D eigenvalue weighted by molar-refractivity contribution is 6.30. The van der Waals surface area contributed by atoms with E-state index < -0.39 is 5.82 Å². The molecular weight excluding hydrogens is 435 g/mol. The molecule has 1 aromatic carbocycles. The summed E-state index contributed by atoms with van der Waals surface area (Å²) in [4.78, 5) is 24.6. The van der Waals surface area contributed by atoms with Crippen LogP contribution >= 0.6 is 11.6 Å². The standard InChI is InChI=1S/C23H24ClFN4O3/c1-13-26-18-10-20(29-6-8-32-19(11-29)14-5-7-31-12-14)27-22(21(18)23(30)28(13)2)16-4-3-15(24)9-17(16)25/h3-4,9-10,14,19H,5-8,11-12H2,1-2H3/t14-,19-/m1/s1. The first-order valence-electron chi connectivity index (χ1n) is 10.7. The molecule has 2 saturated heterocycles. The quantitative estimate of drug-likeness (QED) is 0.599. The lowest BCUT2D eigenvalue weighted by atomic mass is 10.00. The minimum Gasteiger partial charge on any atom is -0.381 e. The van der Waals surface area contributed by atoms with Crippen molar-refractivity contribution in [2.24, 2.45) is 13.0 Å². The largest absolute Gasteiger partial charge is 0.381 e. The number of pyridine rings is 1. The van der Waals surface area contributed by atoms with Crippen molar-refractivity contribution in [1.82, 2.24) is 14.5 Å². The molecule has 0 saturated carbocycles. The predicted molar refractivity (Wildman–Crippen MR) is 121 cm³/mol. The second kappa shape index (κ2) is 8.42. The fourth-order valence-electron chi connectivity index (χ4n) is 4.43. The van der Waals surface area contributed by atoms with Gasteiger partial charge in [-0.05, 0) is 31.5 Å². The maximum atomic E-state index is 14.9. The fourth-order valence-corrected chi connectivity index (χ4v) is 4.59. The van der Waals surface area contributed by atoms with Crippen LogP contribution in [0.15, 0.2) is 29.1 Å². The predicted octanol–water partition coefficient (Wildman–Crippen LogP) is 3.34. The summed E-state index contributed by atoms with van der Waals surface area (Å²) in [6.45, 7) is 5.09. The van der Waals surface area contributed by atoms with Crippen molar-refractivity contribution >= 4 is 28.3 Å². The second-order valence-corrected chi connectivity index (χ2v) is 8.79. The van der Waals surface area contributed by atoms with E-state index in [-0.39, 0.29) is 33.3 Å². The van der Waals surface area contributed by atoms with Crippen molar-refractivity contribution in [2.75, 3.05) is 37.8 Å². The minimum atomic E-state index is -0.533. The molecule has 2 aromatic heterocycles. The van der Waals surface area contributed by atoms with Crippen molar-refractivity contribution in [3.05, 3.63) is 51.3 Å². The van der Waals surface area contributed by atoms with Gasteiger partial charge >= 0.3 is 0 Å². The Labute approximate surface area is 189 Å². The van der Waals surface area contributed by atoms with Gasteiger partial charge < -0.3 is 14.4 Å². The Kier molecular flexibility index (Phi) is 5.61. The molecule has 2 atom stereocenters. The smallest absolute Gasteiger partial charge is 0.263 e. The van der Waals surface area contributed by atoms with Gasteiger partial charge in [-0.2, -0.15) is 0 Å². The second-order valence-electron chi connectivity index (χ2n) is 8.35. The van der Waals surface area contributed by atoms with Gasteiger partial charge in [0, 0.05) is 49.3 Å². The zero-order valence-corrected chi connectivity index (χ0v) is 18.7. The molecule has 2 aliphatic heterocycles. The van der Waals surface area contributed by atoms with E-state index in [4.69, 9.17) is 26.1 Å². The van der Waals surface area contributed by atoms with Crippen molar-refractivity contribution in [3.8, 4) is 11.3 Å². The number of aryl methyl sites for hydroxylation is 1. The minimum absolute atomic E-state index is 0.0396. The van der Waals surface area contributed by atoms with Crippen molar-refractivity contribution in [3.63, 3.8) is 0 Å². The Morgan fingerprint density at radius 3 is 2.81 bits per heavy atom. The molecule has 32 heavy (non-hydrogen) atoms. The Morgan fingerprint density at radius 2 is 2.06 bits per heavy atom. The topological polar surface area (TPSA) is 69.5 Å². The number of hydrogen-bond acceptors (Lipinski definition) is 6. The number of benzene rings is 1. The summed E-state index contributed by atoms with van der Waals surface area (Å²) in [7, 11) is 1.65. The van der Waals surface area contributed by atoms with Crippen LogP contribution in [0.1, 0.15) is 12.2 Å². The normalized spacial score (nSPS) is 21.4. The van der Waals surface area contributed by atoms with Gasteiger partial charge in [-0.3, -0.25) is 9.36 Å². The monoisotopic (exact) mass is 458 g/mol. The highest BCUT2D eigenvalue weighted by Gasteiger charge is 2.32. The average molecular weight is 459 g/mol. The number of nitrogens with zero attached hydrogens (tertiary/aromatic N) is 4. The van der Waals surface area contributed by atoms with Crippen LogP contribution in [0.2, 0.25) is 5.02 Å². The van der Waals surface area contributed by atoms with E-state index >= 15 is 0 Å². The Hall–Kier alpha value is -2.55. The lowest BCUT2D eigenvalue weighted by molar-refractivity contribution is -0.00145. The number of morpholine rings is 1. The van der Waals surface area contributed by atoms with Gasteiger partial charge in [0.2, 0.25) is 0 Å². The number of ether oxygens (including phenoxy) is 2. The van der Waals surface area contributed by atoms with E-state index in [1.165, 1.54) is 10.6 Å². The summed E-state index contributed by atoms with van der Waals surface area (Å²) in [6, 6.07) is 6.19. The molecule has 0 amide bonds. The SMILES string of the molecule is Cc1nc2cc(N3CCO[C@@H]([C@@H]4CCOC4)C3)nc(-c3ccc(Cl)cc3F)c2c(=O)n1C. The van der Waals surface area contributed by atoms with Gasteiger partial charge in [0.25, 0.3) is 5.56 Å². The molecule has 2 aliphatic rings. The molecule has 0 spiro atoms. The molecule has 3 aromatic rings. The third kappa shape index (κ3) is 3.76. The van der Waals surface area contributed by atoms with Crippen LogP contribution in [0.4, 0.5) is 10.2 Å². The lowest BCUT2D eigenvalue weighted by Crippen LogP contribution is -2.46. The maximum absolute atomic E-state index is 14.9. The van der Waals surface area contributed by atoms with Crippen LogP contribution in [0.3, 0.4) is 0 Å². The highest BCUT2D eigenvalue weighted by Crippen LogP contribution is 2.32. The fraction of sp³-hybridized carbons (Fsp3) is 0.435. The number of rotatable bonds is 3. The summed E-state index contributed by atoms with van der Waals surface area (Å²) < 4.78 is 27.9. The molecule has 5 rings (SSSR count). The van der Waals surface area contributed by atoms with Crippen LogP contribution in [-0.2, 0) is 16.5 Å². The first-order chi connectivity index (χ1) is 15.4. The summed E-state index contributed by atoms with van der Waals surface area (Å²) in [6.07, 6.45) is 1.01. The Morgan fingerprint density at radius 1 is 1.22 bits per heavy atom. The number of hydrogen-bond donors (Lipinski definition) is 0. The van der Waals surface area contributed by atoms with Gasteiger partial charge in [-0.1, -0.05) is 11.6 Å². The molecule has 9 heteroatoms. The lowest BCUT2D eigenvalue weighted by Gasteiger charge is -2.36. The Balaban J connectivity index is 1.66. The molecule has 4 heterocycles. The molecular formula is C23H24ClFN4O3. The van der Waals surface area contributed by atoms with Gasteiger partial charge in [-0.15, -0.1) is 0 Å². The number of fused-ring (bicyclic) bond motifs is 1. The first kappa shape index (κ1) is 21.3. The molecule has 0 radical (unpaired) electrons. The number of anilines is 1. The molecule has 2 fully saturated rings. The zero-order chi connectivity index (χ0) is 22.4. The van der Waals surface area contributed by atoms with Crippen LogP contribution in [-0.4, -0.2) is 53.5 Å². The number of halogens is 2. The zero-order valence-electron chi connectivity index (χ0n) is 18.0. The van der Waals surface area contributed by atoms with Gasteiger partial charge in [-0.25, -0.2) is 14.4 Å². The first-order valence-corrected chi connectivity index (χ1v) is 11.1. The summed E-state index contributed by atoms with van der Waals surface area (Å²) in [5.74, 6) is 1.03. The molecule has 168 valence electrons. The van der Waals surface area contributed by atoms with E-state index in [0.29, 0.717) is 49.4 Å². The Bertz CT molecular complexity index is 1240. The molecule has 0 bridgehead atoms. The maximum Gasteiger partial charge on any atom is 0.263 e. The summed E-state index contributed by atoms with van der Waals surface area (Å²) in [5, 5.41) is 0.570. The van der Waals surface area contributed by atoms with Gasteiger partial charge in [0.05, 0.1) is 35.9 Å². The highest BCUT2D eigenvalue weighted by atomic mass is 35.5. The van der Waals surface area contributed by atoms with E-state index in [1.54, 1.807) is 26.1 Å². The molecule has 0 N–H and O–H groups in total. The van der Waals surface area contributed by atoms with Crippen molar-refractivity contribution < 1.29 is 13.9 Å². The molecule has 0 unspecified atom stereocenters. The number of aromatic nitrogens is 3. The van der Waals surface area contributed by atoms with E-state index in [2.05, 4.69) is 9.88 Å². The van der Waals surface area contributed by atoms with Crippen molar-refractivity contribution in [1.29, 1.82) is 0 Å². The van der Waals surface area contributed by atoms with E-state index in [1.807, 2.05) is 6.07 Å². The van der Waals surface area contributed by atoms with Crippen LogP contribution in [0, 0.1) is 18.7 Å². The van der Waals surface area contributed by atoms with Crippen molar-refractivity contribution in [2.45, 2.75) is 19.4 Å². The van der Waals surface area contributed by atoms with Gasteiger partial charge in [0.1, 0.15) is 17.5 Å². The van der Waals surface area contributed by atoms with Gasteiger partial charge in [0.15, 0.2) is 0 Å². The van der Waals surface area contributed by atoms with E-state index in [0.717, 1.165) is 13.0 Å². The molecule has 0 aliphatic carbocycles. The third-order valence-electron chi connectivity index (χ3n) is 6.37. The summed E-state index contributed by atoms with van der Waals surface area (Å²) in [5.41, 5.74) is 0.719. The van der Waals surface area contributed by atoms with E-state index in [9.17, 15) is 9.18 Å². The molecule has 7 nitrogen and oxygen atoms in total. The van der Waals surface area contributed by atoms with Crippen LogP contribution in [0.25, 0.3) is 22.2 Å². The van der Waals surface area contributed by atoms with Crippen LogP contribution in [0.5, 0.6) is 0 Å². The average Bonchev–Trinajstić information content (AvgIpc) is 3.32. The van der Waals surface area contributed by atoms with Crippen LogP contribution < -0.4 is 10.5 Å². The third-order valence-corrected chi connectivity index (χ3v) is 6.60.